The highest BCUT2D eigenvalue weighted by Gasteiger charge is 2.13. The SMILES string of the molecule is N=C(N)c1cc(Sc2ccccc2[N+](=O)[O-])ccn1. The number of hydrogen-bond acceptors (Lipinski definition) is 5. The molecule has 0 saturated heterocycles. The van der Waals surface area contributed by atoms with Crippen molar-refractivity contribution in [2.24, 2.45) is 5.73 Å². The van der Waals surface area contributed by atoms with E-state index in [2.05, 4.69) is 4.98 Å². The van der Waals surface area contributed by atoms with E-state index in [-0.39, 0.29) is 11.5 Å². The topological polar surface area (TPSA) is 106 Å². The third kappa shape index (κ3) is 3.08. The highest BCUT2D eigenvalue weighted by atomic mass is 32.2. The Bertz CT molecular complexity index is 645. The fraction of sp³-hybridized carbons (Fsp3) is 0. The first kappa shape index (κ1) is 13.0. The number of nitrogens with one attached hydrogen (secondary N) is 1. The lowest BCUT2D eigenvalue weighted by Crippen LogP contribution is -2.12. The van der Waals surface area contributed by atoms with Gasteiger partial charge in [-0.3, -0.25) is 20.5 Å². The fourth-order valence-electron chi connectivity index (χ4n) is 1.44. The normalized spacial score (nSPS) is 10.1. The number of nitrogens with zero attached hydrogens (tertiary/aromatic N) is 2. The summed E-state index contributed by atoms with van der Waals surface area (Å²) in [6.45, 7) is 0. The maximum atomic E-state index is 10.9. The first-order valence-corrected chi connectivity index (χ1v) is 6.11. The number of para-hydroxylation sites is 1. The van der Waals surface area contributed by atoms with Crippen LogP contribution in [0.15, 0.2) is 52.4 Å². The Kier molecular flexibility index (Phi) is 3.76. The molecule has 96 valence electrons. The van der Waals surface area contributed by atoms with Gasteiger partial charge in [0.05, 0.1) is 9.82 Å². The maximum absolute atomic E-state index is 10.9. The molecule has 19 heavy (non-hydrogen) atoms. The summed E-state index contributed by atoms with van der Waals surface area (Å²) in [6, 6.07) is 9.84. The lowest BCUT2D eigenvalue weighted by Gasteiger charge is -2.04. The second-order valence-electron chi connectivity index (χ2n) is 3.62. The number of hydrogen-bond donors (Lipinski definition) is 2. The summed E-state index contributed by atoms with van der Waals surface area (Å²) < 4.78 is 0. The molecule has 6 nitrogen and oxygen atoms in total. The van der Waals surface area contributed by atoms with E-state index in [1.54, 1.807) is 30.3 Å². The van der Waals surface area contributed by atoms with Crippen LogP contribution in [0.4, 0.5) is 5.69 Å². The van der Waals surface area contributed by atoms with Crippen LogP contribution in [0.5, 0.6) is 0 Å². The summed E-state index contributed by atoms with van der Waals surface area (Å²) in [5, 5.41) is 18.2. The van der Waals surface area contributed by atoms with Gasteiger partial charge in [0, 0.05) is 17.2 Å². The number of benzene rings is 1. The number of amidine groups is 1. The Balaban J connectivity index is 2.34. The number of nitrogen functional groups attached to an aromatic ring is 1. The van der Waals surface area contributed by atoms with Crippen molar-refractivity contribution in [1.29, 1.82) is 5.41 Å². The smallest absolute Gasteiger partial charge is 0.283 e. The zero-order valence-corrected chi connectivity index (χ0v) is 10.6. The molecule has 0 atom stereocenters. The minimum atomic E-state index is -0.421. The molecule has 3 N–H and O–H groups in total. The number of rotatable bonds is 4. The average molecular weight is 274 g/mol. The van der Waals surface area contributed by atoms with Gasteiger partial charge in [-0.05, 0) is 18.2 Å². The second kappa shape index (κ2) is 5.49. The van der Waals surface area contributed by atoms with Gasteiger partial charge in [-0.15, -0.1) is 0 Å². The third-order valence-electron chi connectivity index (χ3n) is 2.30. The molecule has 0 amide bonds. The van der Waals surface area contributed by atoms with Crippen LogP contribution in [0.3, 0.4) is 0 Å². The number of pyridine rings is 1. The van der Waals surface area contributed by atoms with Gasteiger partial charge >= 0.3 is 0 Å². The summed E-state index contributed by atoms with van der Waals surface area (Å²) in [5.41, 5.74) is 5.76. The van der Waals surface area contributed by atoms with E-state index in [4.69, 9.17) is 11.1 Å². The molecule has 0 saturated carbocycles. The number of nitro groups is 1. The summed E-state index contributed by atoms with van der Waals surface area (Å²) in [5.74, 6) is -0.134. The van der Waals surface area contributed by atoms with Crippen LogP contribution < -0.4 is 5.73 Å². The molecule has 2 aromatic rings. The Morgan fingerprint density at radius 1 is 1.37 bits per heavy atom. The Morgan fingerprint density at radius 3 is 2.79 bits per heavy atom. The first-order chi connectivity index (χ1) is 9.08. The third-order valence-corrected chi connectivity index (χ3v) is 3.35. The van der Waals surface area contributed by atoms with Crippen molar-refractivity contribution in [3.05, 3.63) is 58.4 Å². The van der Waals surface area contributed by atoms with Gasteiger partial charge in [-0.1, -0.05) is 23.9 Å². The quantitative estimate of drug-likeness (QED) is 0.385. The molecule has 1 aromatic heterocycles. The number of nitro benzene ring substituents is 1. The van der Waals surface area contributed by atoms with E-state index in [9.17, 15) is 10.1 Å². The highest BCUT2D eigenvalue weighted by Crippen LogP contribution is 2.34. The lowest BCUT2D eigenvalue weighted by molar-refractivity contribution is -0.387. The monoisotopic (exact) mass is 274 g/mol. The minimum absolute atomic E-state index is 0.0497. The Labute approximate surface area is 113 Å². The van der Waals surface area contributed by atoms with Crippen molar-refractivity contribution in [3.63, 3.8) is 0 Å². The molecule has 0 radical (unpaired) electrons. The van der Waals surface area contributed by atoms with Crippen LogP contribution in [-0.2, 0) is 0 Å². The maximum Gasteiger partial charge on any atom is 0.283 e. The van der Waals surface area contributed by atoms with E-state index in [1.807, 2.05) is 0 Å². The molecule has 0 aliphatic heterocycles. The number of aromatic nitrogens is 1. The molecule has 7 heteroatoms. The number of nitrogens with two attached hydrogens (primary N) is 1. The molecule has 0 unspecified atom stereocenters. The Morgan fingerprint density at radius 2 is 2.11 bits per heavy atom. The van der Waals surface area contributed by atoms with Gasteiger partial charge in [0.2, 0.25) is 0 Å². The largest absolute Gasteiger partial charge is 0.382 e. The standard InChI is InChI=1S/C12H10N4O2S/c13-12(14)9-7-8(5-6-15-9)19-11-4-2-1-3-10(11)16(17)18/h1-7H,(H3,13,14). The van der Waals surface area contributed by atoms with Crippen LogP contribution in [0, 0.1) is 15.5 Å². The summed E-state index contributed by atoms with van der Waals surface area (Å²) >= 11 is 1.24. The molecule has 0 bridgehead atoms. The molecule has 2 rings (SSSR count). The molecule has 0 aliphatic rings. The summed E-state index contributed by atoms with van der Waals surface area (Å²) in [7, 11) is 0. The molecule has 0 spiro atoms. The van der Waals surface area contributed by atoms with E-state index in [0.717, 1.165) is 4.90 Å². The van der Waals surface area contributed by atoms with Crippen molar-refractivity contribution < 1.29 is 4.92 Å². The zero-order chi connectivity index (χ0) is 13.8. The average Bonchev–Trinajstić information content (AvgIpc) is 2.39. The van der Waals surface area contributed by atoms with Crippen molar-refractivity contribution in [2.45, 2.75) is 9.79 Å². The molecular weight excluding hydrogens is 264 g/mol. The zero-order valence-electron chi connectivity index (χ0n) is 9.74. The predicted octanol–water partition coefficient (Wildman–Crippen LogP) is 2.43. The van der Waals surface area contributed by atoms with E-state index in [1.165, 1.54) is 24.0 Å². The molecule has 0 aliphatic carbocycles. The van der Waals surface area contributed by atoms with Gasteiger partial charge in [0.15, 0.2) is 0 Å². The van der Waals surface area contributed by atoms with Crippen molar-refractivity contribution in [2.75, 3.05) is 0 Å². The summed E-state index contributed by atoms with van der Waals surface area (Å²) in [4.78, 5) is 15.7. The lowest BCUT2D eigenvalue weighted by atomic mass is 10.3. The highest BCUT2D eigenvalue weighted by molar-refractivity contribution is 7.99. The van der Waals surface area contributed by atoms with Crippen molar-refractivity contribution >= 4 is 23.3 Å². The van der Waals surface area contributed by atoms with E-state index in [0.29, 0.717) is 10.6 Å². The van der Waals surface area contributed by atoms with Gasteiger partial charge in [0.25, 0.3) is 5.69 Å². The van der Waals surface area contributed by atoms with Gasteiger partial charge < -0.3 is 5.73 Å². The van der Waals surface area contributed by atoms with E-state index >= 15 is 0 Å². The van der Waals surface area contributed by atoms with Crippen molar-refractivity contribution in [3.8, 4) is 0 Å². The minimum Gasteiger partial charge on any atom is -0.382 e. The molecule has 1 aromatic carbocycles. The molecular formula is C12H10N4O2S. The summed E-state index contributed by atoms with van der Waals surface area (Å²) in [6.07, 6.45) is 1.52. The van der Waals surface area contributed by atoms with Gasteiger partial charge in [-0.2, -0.15) is 0 Å². The van der Waals surface area contributed by atoms with Crippen molar-refractivity contribution in [1.82, 2.24) is 4.98 Å². The molecule has 1 heterocycles. The van der Waals surface area contributed by atoms with Gasteiger partial charge in [0.1, 0.15) is 11.5 Å². The van der Waals surface area contributed by atoms with Crippen LogP contribution >= 0.6 is 11.8 Å². The van der Waals surface area contributed by atoms with Crippen LogP contribution in [0.1, 0.15) is 5.69 Å². The fourth-order valence-corrected chi connectivity index (χ4v) is 2.39. The van der Waals surface area contributed by atoms with E-state index < -0.39 is 4.92 Å². The van der Waals surface area contributed by atoms with Gasteiger partial charge in [-0.25, -0.2) is 0 Å². The van der Waals surface area contributed by atoms with Crippen LogP contribution in [0.25, 0.3) is 0 Å². The Hall–Kier alpha value is -2.41. The molecule has 0 fully saturated rings. The second-order valence-corrected chi connectivity index (χ2v) is 4.73. The van der Waals surface area contributed by atoms with Crippen LogP contribution in [0.2, 0.25) is 0 Å². The first-order valence-electron chi connectivity index (χ1n) is 5.29. The predicted molar refractivity (Wildman–Crippen MR) is 72.5 cm³/mol. The van der Waals surface area contributed by atoms with Crippen LogP contribution in [-0.4, -0.2) is 15.7 Å².